The van der Waals surface area contributed by atoms with Gasteiger partial charge in [-0.3, -0.25) is 9.97 Å². The van der Waals surface area contributed by atoms with Crippen LogP contribution in [0.1, 0.15) is 5.56 Å². The predicted molar refractivity (Wildman–Crippen MR) is 218 cm³/mol. The normalized spacial score (nSPS) is 11.4. The molecule has 3 aromatic heterocycles. The first kappa shape index (κ1) is 30.5. The molecular weight excluding hydrogens is 645 g/mol. The lowest BCUT2D eigenvalue weighted by Crippen LogP contribution is -1.97. The summed E-state index contributed by atoms with van der Waals surface area (Å²) >= 11 is 0. The molecule has 0 N–H and O–H groups in total. The van der Waals surface area contributed by atoms with E-state index in [1.807, 2.05) is 48.8 Å². The molecule has 0 saturated heterocycles. The van der Waals surface area contributed by atoms with Crippen LogP contribution in [0.15, 0.2) is 182 Å². The third-order valence-corrected chi connectivity index (χ3v) is 10.3. The van der Waals surface area contributed by atoms with Gasteiger partial charge in [0, 0.05) is 46.2 Å². The quantitative estimate of drug-likeness (QED) is 0.183. The molecule has 0 aliphatic carbocycles. The number of pyridine rings is 2. The van der Waals surface area contributed by atoms with Crippen molar-refractivity contribution >= 4 is 43.4 Å². The van der Waals surface area contributed by atoms with E-state index in [0.717, 1.165) is 55.4 Å². The number of benzene rings is 7. The van der Waals surface area contributed by atoms with Crippen LogP contribution in [0, 0.1) is 11.3 Å². The van der Waals surface area contributed by atoms with Crippen molar-refractivity contribution in [3.05, 3.63) is 188 Å². The molecule has 0 radical (unpaired) electrons. The fourth-order valence-corrected chi connectivity index (χ4v) is 7.91. The average Bonchev–Trinajstić information content (AvgIpc) is 3.56. The van der Waals surface area contributed by atoms with E-state index in [1.165, 1.54) is 38.2 Å². The van der Waals surface area contributed by atoms with Gasteiger partial charge in [0.25, 0.3) is 0 Å². The molecular formula is C49H30N4. The van der Waals surface area contributed by atoms with E-state index < -0.39 is 0 Å². The first-order valence-electron chi connectivity index (χ1n) is 17.7. The fourth-order valence-electron chi connectivity index (χ4n) is 7.91. The van der Waals surface area contributed by atoms with Crippen molar-refractivity contribution in [2.75, 3.05) is 0 Å². The molecule has 0 aliphatic rings. The van der Waals surface area contributed by atoms with Crippen molar-refractivity contribution in [3.8, 4) is 56.4 Å². The van der Waals surface area contributed by atoms with Crippen LogP contribution in [0.2, 0.25) is 0 Å². The largest absolute Gasteiger partial charge is 0.309 e. The zero-order chi connectivity index (χ0) is 35.3. The zero-order valence-corrected chi connectivity index (χ0v) is 28.6. The molecule has 246 valence electrons. The molecule has 0 amide bonds. The standard InChI is InChI=1S/C49H30N4/c50-30-32-17-21-48-45(25-32)46-29-34(40-19-20-44(43-14-4-3-13-41(40)43)42-15-7-10-33-9-1-2-12-39(33)42)18-22-49(46)53(48)38-27-36(35-11-8-23-51-31-35)26-37(28-38)47-16-5-6-24-52-47/h1-29,31H. The lowest BCUT2D eigenvalue weighted by molar-refractivity contribution is 1.18. The summed E-state index contributed by atoms with van der Waals surface area (Å²) in [7, 11) is 0. The molecule has 10 rings (SSSR count). The van der Waals surface area contributed by atoms with E-state index in [0.29, 0.717) is 5.56 Å². The van der Waals surface area contributed by atoms with Gasteiger partial charge >= 0.3 is 0 Å². The Kier molecular flexibility index (Phi) is 7.16. The Morgan fingerprint density at radius 3 is 1.98 bits per heavy atom. The summed E-state index contributed by atoms with van der Waals surface area (Å²) in [6.07, 6.45) is 5.52. The third kappa shape index (κ3) is 5.14. The summed E-state index contributed by atoms with van der Waals surface area (Å²) in [5.41, 5.74) is 12.5. The lowest BCUT2D eigenvalue weighted by atomic mass is 9.90. The van der Waals surface area contributed by atoms with Crippen molar-refractivity contribution in [1.29, 1.82) is 5.26 Å². The molecule has 0 spiro atoms. The van der Waals surface area contributed by atoms with Gasteiger partial charge in [0.2, 0.25) is 0 Å². The Morgan fingerprint density at radius 2 is 1.17 bits per heavy atom. The Balaban J connectivity index is 1.20. The summed E-state index contributed by atoms with van der Waals surface area (Å²) in [6.45, 7) is 0. The topological polar surface area (TPSA) is 54.5 Å². The molecule has 0 unspecified atom stereocenters. The Morgan fingerprint density at radius 1 is 0.453 bits per heavy atom. The molecule has 4 nitrogen and oxygen atoms in total. The van der Waals surface area contributed by atoms with E-state index in [4.69, 9.17) is 4.98 Å². The number of nitriles is 1. The second kappa shape index (κ2) is 12.5. The van der Waals surface area contributed by atoms with E-state index >= 15 is 0 Å². The zero-order valence-electron chi connectivity index (χ0n) is 28.6. The van der Waals surface area contributed by atoms with Gasteiger partial charge in [0.1, 0.15) is 0 Å². The van der Waals surface area contributed by atoms with Crippen LogP contribution in [-0.2, 0) is 0 Å². The highest BCUT2D eigenvalue weighted by Crippen LogP contribution is 2.41. The number of rotatable bonds is 5. The van der Waals surface area contributed by atoms with Crippen molar-refractivity contribution < 1.29 is 0 Å². The molecule has 7 aromatic carbocycles. The van der Waals surface area contributed by atoms with Crippen LogP contribution in [0.4, 0.5) is 0 Å². The minimum absolute atomic E-state index is 0.630. The van der Waals surface area contributed by atoms with Gasteiger partial charge in [-0.15, -0.1) is 0 Å². The van der Waals surface area contributed by atoms with Gasteiger partial charge in [-0.05, 0) is 116 Å². The fraction of sp³-hybridized carbons (Fsp3) is 0. The SMILES string of the molecule is N#Cc1ccc2c(c1)c1cc(-c3ccc(-c4cccc5ccccc45)c4ccccc34)ccc1n2-c1cc(-c2cccnc2)cc(-c2ccccn2)c1. The Hall–Kier alpha value is -7.35. The minimum atomic E-state index is 0.630. The first-order valence-corrected chi connectivity index (χ1v) is 17.7. The number of fused-ring (bicyclic) bond motifs is 5. The predicted octanol–water partition coefficient (Wildman–Crippen LogP) is 12.4. The molecule has 53 heavy (non-hydrogen) atoms. The molecule has 10 aromatic rings. The van der Waals surface area contributed by atoms with Crippen LogP contribution in [0.25, 0.3) is 93.7 Å². The maximum Gasteiger partial charge on any atom is 0.0991 e. The molecule has 0 saturated carbocycles. The Labute approximate surface area is 306 Å². The van der Waals surface area contributed by atoms with Crippen molar-refractivity contribution in [1.82, 2.24) is 14.5 Å². The first-order chi connectivity index (χ1) is 26.2. The second-order valence-electron chi connectivity index (χ2n) is 13.4. The number of nitrogens with zero attached hydrogens (tertiary/aromatic N) is 4. The number of aromatic nitrogens is 3. The highest BCUT2D eigenvalue weighted by Gasteiger charge is 2.18. The van der Waals surface area contributed by atoms with Gasteiger partial charge in [-0.2, -0.15) is 5.26 Å². The lowest BCUT2D eigenvalue weighted by Gasteiger charge is -2.15. The molecule has 0 bridgehead atoms. The number of hydrogen-bond donors (Lipinski definition) is 0. The summed E-state index contributed by atoms with van der Waals surface area (Å²) in [6, 6.07) is 60.1. The highest BCUT2D eigenvalue weighted by molar-refractivity contribution is 6.13. The maximum absolute atomic E-state index is 9.99. The van der Waals surface area contributed by atoms with Crippen LogP contribution < -0.4 is 0 Å². The highest BCUT2D eigenvalue weighted by atomic mass is 15.0. The average molecular weight is 675 g/mol. The molecule has 0 fully saturated rings. The van der Waals surface area contributed by atoms with E-state index in [2.05, 4.69) is 143 Å². The van der Waals surface area contributed by atoms with Crippen molar-refractivity contribution in [2.24, 2.45) is 0 Å². The molecule has 0 aliphatic heterocycles. The molecule has 4 heteroatoms. The van der Waals surface area contributed by atoms with Crippen LogP contribution in [-0.4, -0.2) is 14.5 Å². The van der Waals surface area contributed by atoms with E-state index in [9.17, 15) is 5.26 Å². The monoisotopic (exact) mass is 674 g/mol. The summed E-state index contributed by atoms with van der Waals surface area (Å²) in [5.74, 6) is 0. The minimum Gasteiger partial charge on any atom is -0.309 e. The molecule has 0 atom stereocenters. The van der Waals surface area contributed by atoms with Crippen molar-refractivity contribution in [3.63, 3.8) is 0 Å². The van der Waals surface area contributed by atoms with Crippen LogP contribution in [0.3, 0.4) is 0 Å². The maximum atomic E-state index is 9.99. The van der Waals surface area contributed by atoms with Gasteiger partial charge in [-0.1, -0.05) is 97.1 Å². The van der Waals surface area contributed by atoms with Gasteiger partial charge in [0.15, 0.2) is 0 Å². The summed E-state index contributed by atoms with van der Waals surface area (Å²) < 4.78 is 2.31. The van der Waals surface area contributed by atoms with Gasteiger partial charge < -0.3 is 4.57 Å². The smallest absolute Gasteiger partial charge is 0.0991 e. The van der Waals surface area contributed by atoms with Gasteiger partial charge in [0.05, 0.1) is 28.4 Å². The summed E-state index contributed by atoms with van der Waals surface area (Å²) in [4.78, 5) is 9.12. The Bertz CT molecular complexity index is 3000. The van der Waals surface area contributed by atoms with Crippen molar-refractivity contribution in [2.45, 2.75) is 0 Å². The van der Waals surface area contributed by atoms with E-state index in [-0.39, 0.29) is 0 Å². The van der Waals surface area contributed by atoms with Crippen LogP contribution in [0.5, 0.6) is 0 Å². The molecule has 3 heterocycles. The van der Waals surface area contributed by atoms with Gasteiger partial charge in [-0.25, -0.2) is 0 Å². The third-order valence-electron chi connectivity index (χ3n) is 10.3. The second-order valence-corrected chi connectivity index (χ2v) is 13.4. The van der Waals surface area contributed by atoms with Crippen LogP contribution >= 0.6 is 0 Å². The summed E-state index contributed by atoms with van der Waals surface area (Å²) in [5, 5.41) is 17.0. The number of hydrogen-bond acceptors (Lipinski definition) is 3. The van der Waals surface area contributed by atoms with E-state index in [1.54, 1.807) is 6.20 Å².